The topological polar surface area (TPSA) is 80.6 Å². The lowest BCUT2D eigenvalue weighted by Gasteiger charge is -2.29. The SMILES string of the molecule is COCCn1ccc2cc(NC(=O)C3CCN(S(=O)(=O)/C=C/c4ccccc4)CC3)ccc21. The van der Waals surface area contributed by atoms with E-state index in [1.165, 1.54) is 9.71 Å². The second-order valence-corrected chi connectivity index (χ2v) is 10.0. The van der Waals surface area contributed by atoms with Gasteiger partial charge in [-0.05, 0) is 48.7 Å². The normalized spacial score (nSPS) is 15.9. The molecule has 0 radical (unpaired) electrons. The van der Waals surface area contributed by atoms with Crippen molar-refractivity contribution in [2.24, 2.45) is 5.92 Å². The second kappa shape index (κ2) is 10.3. The fraction of sp³-hybridized carbons (Fsp3) is 0.320. The summed E-state index contributed by atoms with van der Waals surface area (Å²) in [4.78, 5) is 12.8. The summed E-state index contributed by atoms with van der Waals surface area (Å²) >= 11 is 0. The van der Waals surface area contributed by atoms with Crippen LogP contribution in [0, 0.1) is 5.92 Å². The number of rotatable bonds is 8. The molecule has 1 amide bonds. The van der Waals surface area contributed by atoms with Crippen molar-refractivity contribution >= 4 is 38.6 Å². The summed E-state index contributed by atoms with van der Waals surface area (Å²) in [6.07, 6.45) is 4.62. The van der Waals surface area contributed by atoms with Crippen molar-refractivity contribution in [1.82, 2.24) is 8.87 Å². The van der Waals surface area contributed by atoms with Crippen molar-refractivity contribution in [2.75, 3.05) is 32.1 Å². The first-order valence-corrected chi connectivity index (χ1v) is 12.6. The van der Waals surface area contributed by atoms with Gasteiger partial charge in [0.05, 0.1) is 6.61 Å². The predicted octanol–water partition coefficient (Wildman–Crippen LogP) is 3.94. The molecule has 0 spiro atoms. The number of benzene rings is 2. The molecule has 1 saturated heterocycles. The van der Waals surface area contributed by atoms with Gasteiger partial charge < -0.3 is 14.6 Å². The molecule has 0 unspecified atom stereocenters. The van der Waals surface area contributed by atoms with Gasteiger partial charge in [0.15, 0.2) is 0 Å². The molecule has 1 fully saturated rings. The zero-order valence-electron chi connectivity index (χ0n) is 18.7. The van der Waals surface area contributed by atoms with Crippen molar-refractivity contribution in [3.05, 3.63) is 71.8 Å². The molecule has 1 aliphatic heterocycles. The van der Waals surface area contributed by atoms with Crippen molar-refractivity contribution < 1.29 is 17.9 Å². The smallest absolute Gasteiger partial charge is 0.236 e. The summed E-state index contributed by atoms with van der Waals surface area (Å²) in [5.74, 6) is -0.276. The standard InChI is InChI=1S/C25H29N3O4S/c1-32-17-16-27-13-9-22-19-23(7-8-24(22)27)26-25(29)21-10-14-28(15-11-21)33(30,31)18-12-20-5-3-2-4-6-20/h2-9,12-13,18-19,21H,10-11,14-17H2,1H3,(H,26,29)/b18-12+. The first kappa shape index (κ1) is 23.2. The van der Waals surface area contributed by atoms with E-state index in [2.05, 4.69) is 9.88 Å². The van der Waals surface area contributed by atoms with Gasteiger partial charge >= 0.3 is 0 Å². The number of fused-ring (bicyclic) bond motifs is 1. The van der Waals surface area contributed by atoms with E-state index >= 15 is 0 Å². The molecular formula is C25H29N3O4S. The number of hydrogen-bond donors (Lipinski definition) is 1. The molecule has 0 aliphatic carbocycles. The molecule has 8 heteroatoms. The highest BCUT2D eigenvalue weighted by Crippen LogP contribution is 2.25. The van der Waals surface area contributed by atoms with E-state index in [4.69, 9.17) is 4.74 Å². The third-order valence-corrected chi connectivity index (χ3v) is 7.56. The molecule has 1 aliphatic rings. The van der Waals surface area contributed by atoms with Crippen LogP contribution in [-0.4, -0.2) is 50.0 Å². The number of amides is 1. The van der Waals surface area contributed by atoms with E-state index in [1.54, 1.807) is 13.2 Å². The number of ether oxygens (including phenoxy) is 1. The number of nitrogens with one attached hydrogen (secondary N) is 1. The Morgan fingerprint density at radius 1 is 1.12 bits per heavy atom. The Labute approximate surface area is 194 Å². The maximum atomic E-state index is 12.8. The Bertz CT molecular complexity index is 1230. The van der Waals surface area contributed by atoms with Crippen LogP contribution in [0.4, 0.5) is 5.69 Å². The van der Waals surface area contributed by atoms with E-state index < -0.39 is 10.0 Å². The van der Waals surface area contributed by atoms with Gasteiger partial charge in [0.2, 0.25) is 15.9 Å². The number of hydrogen-bond acceptors (Lipinski definition) is 4. The van der Waals surface area contributed by atoms with Crippen LogP contribution in [0.15, 0.2) is 66.2 Å². The van der Waals surface area contributed by atoms with E-state index in [-0.39, 0.29) is 11.8 Å². The average Bonchev–Trinajstić information content (AvgIpc) is 3.24. The Balaban J connectivity index is 1.33. The fourth-order valence-electron chi connectivity index (χ4n) is 4.09. The highest BCUT2D eigenvalue weighted by Gasteiger charge is 2.30. The molecule has 7 nitrogen and oxygen atoms in total. The zero-order valence-corrected chi connectivity index (χ0v) is 19.5. The number of nitrogens with zero attached hydrogens (tertiary/aromatic N) is 2. The van der Waals surface area contributed by atoms with Crippen molar-refractivity contribution in [1.29, 1.82) is 0 Å². The fourth-order valence-corrected chi connectivity index (χ4v) is 5.32. The van der Waals surface area contributed by atoms with Crippen molar-refractivity contribution in [3.8, 4) is 0 Å². The largest absolute Gasteiger partial charge is 0.383 e. The van der Waals surface area contributed by atoms with E-state index in [0.29, 0.717) is 32.5 Å². The van der Waals surface area contributed by atoms with Gasteiger partial charge in [0.1, 0.15) is 0 Å². The molecule has 0 saturated carbocycles. The third-order valence-electron chi connectivity index (χ3n) is 5.99. The highest BCUT2D eigenvalue weighted by molar-refractivity contribution is 7.92. The second-order valence-electron chi connectivity index (χ2n) is 8.20. The lowest BCUT2D eigenvalue weighted by Crippen LogP contribution is -2.40. The monoisotopic (exact) mass is 467 g/mol. The molecule has 3 aromatic rings. The van der Waals surface area contributed by atoms with Gasteiger partial charge in [-0.3, -0.25) is 4.79 Å². The molecular weight excluding hydrogens is 438 g/mol. The van der Waals surface area contributed by atoms with Gasteiger partial charge in [-0.15, -0.1) is 0 Å². The summed E-state index contributed by atoms with van der Waals surface area (Å²) in [5.41, 5.74) is 2.67. The van der Waals surface area contributed by atoms with Crippen LogP contribution in [0.1, 0.15) is 18.4 Å². The van der Waals surface area contributed by atoms with Crippen LogP contribution in [0.2, 0.25) is 0 Å². The number of carbonyl (C=O) groups excluding carboxylic acids is 1. The molecule has 33 heavy (non-hydrogen) atoms. The third kappa shape index (κ3) is 5.71. The first-order valence-electron chi connectivity index (χ1n) is 11.1. The van der Waals surface area contributed by atoms with Gasteiger partial charge in [-0.25, -0.2) is 8.42 Å². The molecule has 2 heterocycles. The number of sulfonamides is 1. The van der Waals surface area contributed by atoms with Crippen molar-refractivity contribution in [2.45, 2.75) is 19.4 Å². The Morgan fingerprint density at radius 2 is 1.88 bits per heavy atom. The van der Waals surface area contributed by atoms with Crippen LogP contribution < -0.4 is 5.32 Å². The van der Waals surface area contributed by atoms with Gasteiger partial charge in [0, 0.05) is 60.9 Å². The number of methoxy groups -OCH3 is 1. The number of piperidine rings is 1. The van der Waals surface area contributed by atoms with Gasteiger partial charge in [-0.2, -0.15) is 4.31 Å². The maximum Gasteiger partial charge on any atom is 0.236 e. The van der Waals surface area contributed by atoms with E-state index in [1.807, 2.05) is 60.8 Å². The predicted molar refractivity (Wildman–Crippen MR) is 131 cm³/mol. The molecule has 174 valence electrons. The molecule has 0 atom stereocenters. The van der Waals surface area contributed by atoms with Crippen LogP contribution in [0.5, 0.6) is 0 Å². The van der Waals surface area contributed by atoms with Gasteiger partial charge in [-0.1, -0.05) is 30.3 Å². The molecule has 1 N–H and O–H groups in total. The number of carbonyl (C=O) groups is 1. The Morgan fingerprint density at radius 3 is 2.61 bits per heavy atom. The van der Waals surface area contributed by atoms with Crippen LogP contribution in [0.3, 0.4) is 0 Å². The molecule has 0 bridgehead atoms. The van der Waals surface area contributed by atoms with Crippen molar-refractivity contribution in [3.63, 3.8) is 0 Å². The Kier molecular flexibility index (Phi) is 7.27. The maximum absolute atomic E-state index is 12.8. The molecule has 4 rings (SSSR count). The van der Waals surface area contributed by atoms with Gasteiger partial charge in [0.25, 0.3) is 0 Å². The Hall–Kier alpha value is -2.94. The summed E-state index contributed by atoms with van der Waals surface area (Å²) < 4.78 is 34.0. The van der Waals surface area contributed by atoms with Crippen LogP contribution in [0.25, 0.3) is 17.0 Å². The zero-order chi connectivity index (χ0) is 23.3. The lowest BCUT2D eigenvalue weighted by atomic mass is 9.97. The van der Waals surface area contributed by atoms with E-state index in [0.717, 1.165) is 28.7 Å². The van der Waals surface area contributed by atoms with Crippen LogP contribution in [-0.2, 0) is 26.1 Å². The van der Waals surface area contributed by atoms with Crippen LogP contribution >= 0.6 is 0 Å². The minimum atomic E-state index is -3.51. The molecule has 1 aromatic heterocycles. The number of aromatic nitrogens is 1. The first-order chi connectivity index (χ1) is 16.0. The number of anilines is 1. The highest BCUT2D eigenvalue weighted by atomic mass is 32.2. The summed E-state index contributed by atoms with van der Waals surface area (Å²) in [7, 11) is -1.83. The minimum Gasteiger partial charge on any atom is -0.383 e. The quantitative estimate of drug-likeness (QED) is 0.544. The summed E-state index contributed by atoms with van der Waals surface area (Å²) in [6.45, 7) is 2.08. The minimum absolute atomic E-state index is 0.0648. The van der Waals surface area contributed by atoms with E-state index in [9.17, 15) is 13.2 Å². The summed E-state index contributed by atoms with van der Waals surface area (Å²) in [5, 5.41) is 5.30. The average molecular weight is 468 g/mol. The summed E-state index contributed by atoms with van der Waals surface area (Å²) in [6, 6.07) is 17.2. The lowest BCUT2D eigenvalue weighted by molar-refractivity contribution is -0.120. The molecule has 2 aromatic carbocycles.